The van der Waals surface area contributed by atoms with Crippen LogP contribution in [0.1, 0.15) is 43.3 Å². The topological polar surface area (TPSA) is 42.2 Å². The van der Waals surface area contributed by atoms with Crippen LogP contribution in [0.25, 0.3) is 0 Å². The summed E-state index contributed by atoms with van der Waals surface area (Å²) in [4.78, 5) is 11.9. The minimum absolute atomic E-state index is 0.0105. The molecule has 0 aliphatic carbocycles. The smallest absolute Gasteiger partial charge is 0.224 e. The Balaban J connectivity index is 1.84. The maximum absolute atomic E-state index is 11.9. The molecule has 1 aromatic heterocycles. The number of hydrogen-bond donors (Lipinski definition) is 1. The van der Waals surface area contributed by atoms with Crippen LogP contribution in [0.5, 0.6) is 0 Å². The zero-order valence-electron chi connectivity index (χ0n) is 12.3. The van der Waals surface area contributed by atoms with Crippen LogP contribution >= 0.6 is 0 Å². The molecule has 0 aliphatic rings. The van der Waals surface area contributed by atoms with Crippen LogP contribution in [0.3, 0.4) is 0 Å². The van der Waals surface area contributed by atoms with Crippen molar-refractivity contribution in [1.82, 2.24) is 0 Å². The van der Waals surface area contributed by atoms with Crippen LogP contribution in [0.15, 0.2) is 40.8 Å². The van der Waals surface area contributed by atoms with Crippen molar-refractivity contribution < 1.29 is 9.21 Å². The van der Waals surface area contributed by atoms with Gasteiger partial charge in [-0.05, 0) is 42.7 Å². The first-order chi connectivity index (χ1) is 9.54. The minimum Gasteiger partial charge on any atom is -0.466 e. The van der Waals surface area contributed by atoms with Crippen molar-refractivity contribution in [3.63, 3.8) is 0 Å². The first-order valence-corrected chi connectivity index (χ1v) is 6.99. The summed E-state index contributed by atoms with van der Waals surface area (Å²) in [6.45, 7) is 6.21. The van der Waals surface area contributed by atoms with Crippen molar-refractivity contribution in [3.05, 3.63) is 53.5 Å². The average Bonchev–Trinajstić information content (AvgIpc) is 2.83. The van der Waals surface area contributed by atoms with Crippen LogP contribution in [-0.4, -0.2) is 5.91 Å². The molecule has 0 saturated carbocycles. The third-order valence-corrected chi connectivity index (χ3v) is 3.26. The van der Waals surface area contributed by atoms with E-state index in [4.69, 9.17) is 4.42 Å². The van der Waals surface area contributed by atoms with Gasteiger partial charge in [-0.3, -0.25) is 4.79 Å². The summed E-state index contributed by atoms with van der Waals surface area (Å²) in [7, 11) is 0. The quantitative estimate of drug-likeness (QED) is 0.881. The molecular formula is C17H21NO2. The number of anilines is 1. The van der Waals surface area contributed by atoms with Gasteiger partial charge in [0.05, 0.1) is 0 Å². The number of furan rings is 1. The molecule has 3 nitrogen and oxygen atoms in total. The van der Waals surface area contributed by atoms with Crippen molar-refractivity contribution in [2.45, 2.75) is 39.5 Å². The van der Waals surface area contributed by atoms with Gasteiger partial charge in [0.1, 0.15) is 11.5 Å². The van der Waals surface area contributed by atoms with Crippen molar-refractivity contribution in [3.8, 4) is 0 Å². The van der Waals surface area contributed by atoms with Crippen molar-refractivity contribution in [1.29, 1.82) is 0 Å². The first kappa shape index (κ1) is 14.4. The van der Waals surface area contributed by atoms with E-state index in [9.17, 15) is 4.79 Å². The number of hydrogen-bond acceptors (Lipinski definition) is 2. The van der Waals surface area contributed by atoms with Gasteiger partial charge in [0.15, 0.2) is 0 Å². The van der Waals surface area contributed by atoms with Gasteiger partial charge in [-0.15, -0.1) is 0 Å². The molecule has 106 valence electrons. The standard InChI is InChI=1S/C17H21NO2/c1-12(2)14-5-7-15(8-6-14)18-17(19)11-10-16-9-4-13(3)20-16/h4-9,12H,10-11H2,1-3H3,(H,18,19). The molecule has 3 heteroatoms. The van der Waals surface area contributed by atoms with Crippen LogP contribution in [0.4, 0.5) is 5.69 Å². The summed E-state index contributed by atoms with van der Waals surface area (Å²) >= 11 is 0. The fraction of sp³-hybridized carbons (Fsp3) is 0.353. The van der Waals surface area contributed by atoms with E-state index in [2.05, 4.69) is 31.3 Å². The highest BCUT2D eigenvalue weighted by molar-refractivity contribution is 5.90. The average molecular weight is 271 g/mol. The Hall–Kier alpha value is -2.03. The largest absolute Gasteiger partial charge is 0.466 e. The van der Waals surface area contributed by atoms with E-state index >= 15 is 0 Å². The number of amides is 1. The lowest BCUT2D eigenvalue weighted by Gasteiger charge is -2.08. The van der Waals surface area contributed by atoms with Gasteiger partial charge < -0.3 is 9.73 Å². The summed E-state index contributed by atoms with van der Waals surface area (Å²) in [6.07, 6.45) is 1.06. The molecule has 1 N–H and O–H groups in total. The Morgan fingerprint density at radius 1 is 1.15 bits per heavy atom. The Morgan fingerprint density at radius 3 is 2.40 bits per heavy atom. The van der Waals surface area contributed by atoms with E-state index in [0.717, 1.165) is 17.2 Å². The molecule has 0 unspecified atom stereocenters. The Bertz CT molecular complexity index is 567. The number of carbonyl (C=O) groups is 1. The van der Waals surface area contributed by atoms with Crippen LogP contribution in [-0.2, 0) is 11.2 Å². The maximum atomic E-state index is 11.9. The lowest BCUT2D eigenvalue weighted by atomic mass is 10.0. The monoisotopic (exact) mass is 271 g/mol. The molecule has 20 heavy (non-hydrogen) atoms. The second kappa shape index (κ2) is 6.42. The van der Waals surface area contributed by atoms with Gasteiger partial charge in [-0.25, -0.2) is 0 Å². The predicted octanol–water partition coefficient (Wildman–Crippen LogP) is 4.28. The van der Waals surface area contributed by atoms with Crippen molar-refractivity contribution in [2.75, 3.05) is 5.32 Å². The second-order valence-corrected chi connectivity index (χ2v) is 5.34. The molecule has 0 saturated heterocycles. The molecular weight excluding hydrogens is 250 g/mol. The first-order valence-electron chi connectivity index (χ1n) is 6.99. The van der Waals surface area contributed by atoms with E-state index < -0.39 is 0 Å². The summed E-state index contributed by atoms with van der Waals surface area (Å²) in [5.74, 6) is 2.25. The highest BCUT2D eigenvalue weighted by Crippen LogP contribution is 2.17. The van der Waals surface area contributed by atoms with Gasteiger partial charge in [-0.2, -0.15) is 0 Å². The van der Waals surface area contributed by atoms with Crippen molar-refractivity contribution in [2.24, 2.45) is 0 Å². The normalized spacial score (nSPS) is 10.8. The molecule has 0 aliphatic heterocycles. The molecule has 1 aromatic carbocycles. The third kappa shape index (κ3) is 3.98. The zero-order chi connectivity index (χ0) is 14.5. The van der Waals surface area contributed by atoms with Gasteiger partial charge >= 0.3 is 0 Å². The van der Waals surface area contributed by atoms with Gasteiger partial charge in [0.25, 0.3) is 0 Å². The van der Waals surface area contributed by atoms with E-state index in [1.165, 1.54) is 5.56 Å². The molecule has 2 aromatic rings. The van der Waals surface area contributed by atoms with E-state index in [1.807, 2.05) is 31.2 Å². The zero-order valence-corrected chi connectivity index (χ0v) is 12.3. The fourth-order valence-electron chi connectivity index (χ4n) is 2.03. The number of carbonyl (C=O) groups excluding carboxylic acids is 1. The van der Waals surface area contributed by atoms with Crippen LogP contribution in [0.2, 0.25) is 0 Å². The number of benzene rings is 1. The molecule has 1 amide bonds. The number of nitrogens with one attached hydrogen (secondary N) is 1. The lowest BCUT2D eigenvalue weighted by molar-refractivity contribution is -0.116. The minimum atomic E-state index is 0.0105. The Morgan fingerprint density at radius 2 is 1.85 bits per heavy atom. The molecule has 0 radical (unpaired) electrons. The highest BCUT2D eigenvalue weighted by Gasteiger charge is 2.06. The molecule has 0 fully saturated rings. The summed E-state index contributed by atoms with van der Waals surface area (Å²) < 4.78 is 5.45. The van der Waals surface area contributed by atoms with Crippen LogP contribution < -0.4 is 5.32 Å². The third-order valence-electron chi connectivity index (χ3n) is 3.26. The number of rotatable bonds is 5. The van der Waals surface area contributed by atoms with E-state index in [-0.39, 0.29) is 5.91 Å². The molecule has 0 atom stereocenters. The van der Waals surface area contributed by atoms with Gasteiger partial charge in [0, 0.05) is 18.5 Å². The Labute approximate surface area is 120 Å². The van der Waals surface area contributed by atoms with Crippen LogP contribution in [0, 0.1) is 6.92 Å². The van der Waals surface area contributed by atoms with Gasteiger partial charge in [-0.1, -0.05) is 26.0 Å². The predicted molar refractivity (Wildman–Crippen MR) is 80.9 cm³/mol. The molecule has 1 heterocycles. The lowest BCUT2D eigenvalue weighted by Crippen LogP contribution is -2.12. The summed E-state index contributed by atoms with van der Waals surface area (Å²) in [6, 6.07) is 11.8. The van der Waals surface area contributed by atoms with Gasteiger partial charge in [0.2, 0.25) is 5.91 Å². The Kier molecular flexibility index (Phi) is 4.61. The second-order valence-electron chi connectivity index (χ2n) is 5.34. The SMILES string of the molecule is Cc1ccc(CCC(=O)Nc2ccc(C(C)C)cc2)o1. The van der Waals surface area contributed by atoms with Crippen molar-refractivity contribution >= 4 is 11.6 Å². The van der Waals surface area contributed by atoms with E-state index in [0.29, 0.717) is 18.8 Å². The molecule has 0 spiro atoms. The molecule has 0 bridgehead atoms. The maximum Gasteiger partial charge on any atom is 0.224 e. The van der Waals surface area contributed by atoms with E-state index in [1.54, 1.807) is 0 Å². The fourth-order valence-corrected chi connectivity index (χ4v) is 2.03. The molecule has 2 rings (SSSR count). The summed E-state index contributed by atoms with van der Waals surface area (Å²) in [5.41, 5.74) is 2.11. The summed E-state index contributed by atoms with van der Waals surface area (Å²) in [5, 5.41) is 2.90. The highest BCUT2D eigenvalue weighted by atomic mass is 16.3. The number of aryl methyl sites for hydroxylation is 2.